The average molecular weight is 1900 g/mol. The number of benzene rings is 6. The molecule has 3 N–H and O–H groups in total. The molecule has 14 aliphatic rings. The zero-order chi connectivity index (χ0) is 91.0. The van der Waals surface area contributed by atoms with Gasteiger partial charge in [0.25, 0.3) is 0 Å². The summed E-state index contributed by atoms with van der Waals surface area (Å²) in [6, 6.07) is 10.8. The standard InChI is InChI=1S/C46H52N4O12S.C45H50N4O12S.CH3I/c1-21-13-25-14-27-28(17-47)50-29-18-57-43(52)46(26-16-30(54-8)31(15-24(26)11-12-48-46)61-44(53)62-45(4,5)6)19-63-42(36(50)35(49(27)7)32(25)40(56-10)37(21)55-9)34-33(29)41-39(58-20-59-41)22(2)38(34)60-23(3)51;1-20-12-24-13-26-27(16-46)49-28-17-56-42(52)45(25-15-29(54-8)30(14-23(25)10-11-47-45)60-43(53)61-44(4,5)6)18-62-41(35(49)34(48(26)7)31(24)36(51)37(20)55-9)33-32(28)40-39(57-19-58-40)21(2)38(33)59-22(3)50;1-2/h13,15-16,27-29,35-36,42,48H,11-12,14,18-20H2,1-10H3;12,14-15,26-28,34-35,41,47,51H,10-11,13,17-19H2,1-9H3;1H3/t27-,28-,29-,35+,36?,42+,46+;26-,27-,28-,34+,35?,41+,45+;/m00./s1. The molecule has 6 aromatic carbocycles. The lowest BCUT2D eigenvalue weighted by atomic mass is 9.71. The fourth-order valence-corrected chi connectivity index (χ4v) is 24.8. The maximum absolute atomic E-state index is 15.1. The van der Waals surface area contributed by atoms with E-state index in [1.165, 1.54) is 58.7 Å². The monoisotopic (exact) mass is 1900 g/mol. The molecule has 127 heavy (non-hydrogen) atoms. The van der Waals surface area contributed by atoms with Crippen molar-refractivity contribution in [2.75, 3.05) is 106 Å². The number of nitrogens with zero attached hydrogens (tertiary/aromatic N) is 6. The quantitative estimate of drug-likeness (QED) is 0.0302. The number of aryl methyl sites for hydroxylation is 2. The molecule has 2 unspecified atom stereocenters. The minimum absolute atomic E-state index is 0.0238. The Hall–Kier alpha value is -10.1. The van der Waals surface area contributed by atoms with Crippen LogP contribution in [0.2, 0.25) is 0 Å². The molecule has 4 fully saturated rings. The Labute approximate surface area is 758 Å². The van der Waals surface area contributed by atoms with E-state index in [4.69, 9.17) is 80.5 Å². The average Bonchev–Trinajstić information content (AvgIpc) is 1.48. The summed E-state index contributed by atoms with van der Waals surface area (Å²) in [5.41, 5.74) is 7.32. The summed E-state index contributed by atoms with van der Waals surface area (Å²) in [7, 11) is 11.7. The summed E-state index contributed by atoms with van der Waals surface area (Å²) in [5.74, 6) is 2.85. The number of piperazine rings is 2. The molecule has 676 valence electrons. The molecule has 8 bridgehead atoms. The van der Waals surface area contributed by atoms with Gasteiger partial charge >= 0.3 is 36.2 Å². The zero-order valence-electron chi connectivity index (χ0n) is 74.6. The molecule has 20 rings (SSSR count). The predicted molar refractivity (Wildman–Crippen MR) is 471 cm³/mol. The third-order valence-corrected chi connectivity index (χ3v) is 29.1. The topological polar surface area (TPSA) is 364 Å². The number of nitriles is 2. The van der Waals surface area contributed by atoms with Crippen LogP contribution in [0.1, 0.15) is 179 Å². The van der Waals surface area contributed by atoms with E-state index in [0.717, 1.165) is 38.9 Å². The van der Waals surface area contributed by atoms with Crippen molar-refractivity contribution < 1.29 is 114 Å². The first kappa shape index (κ1) is 90.3. The number of fused-ring (bicyclic) bond motifs is 18. The van der Waals surface area contributed by atoms with Crippen LogP contribution >= 0.6 is 46.1 Å². The van der Waals surface area contributed by atoms with Gasteiger partial charge in [0.2, 0.25) is 13.6 Å². The SMILES string of the molecule is CI.COc1cc2c(cc1OC(=O)OC(C)(C)C)CCN[C@]21CS[C@@H]2c3c(OC(C)=O)c(C)c4c(c3[C@H](COC1=O)N1C2[C@H]2c3c(cc(C)c(OC)c3O)C[C@@H]([C@@H]1C#N)N2C)OCO4.COc1cc2c(cc1OC(=O)OC(C)(C)C)CCN[C@]21CS[C@@H]2c3c(OC(C)=O)c(C)c4c(c3[C@H](COC1=O)N1C2[C@H]2c3c(cc(C)c(OC)c3OC)C[C@@H]([C@@H]1C#N)N2C)OCO4. The summed E-state index contributed by atoms with van der Waals surface area (Å²) in [6.07, 6.45) is 0.229. The van der Waals surface area contributed by atoms with E-state index in [0.29, 0.717) is 141 Å². The molecule has 0 saturated carbocycles. The lowest BCUT2D eigenvalue weighted by molar-refractivity contribution is -0.158. The Balaban J connectivity index is 0.000000183. The van der Waals surface area contributed by atoms with Crippen molar-refractivity contribution in [2.45, 2.75) is 202 Å². The number of carbonyl (C=O) groups excluding carboxylic acids is 6. The summed E-state index contributed by atoms with van der Waals surface area (Å²) in [4.78, 5) is 92.8. The number of phenolic OH excluding ortho intramolecular Hbond substituents is 1. The van der Waals surface area contributed by atoms with Crippen molar-refractivity contribution >= 4 is 82.3 Å². The number of hydrogen-bond donors (Lipinski definition) is 3. The first-order chi connectivity index (χ1) is 60.6. The third-order valence-electron chi connectivity index (χ3n) is 26.2. The molecule has 0 radical (unpaired) electrons. The number of thioether (sulfide) groups is 2. The van der Waals surface area contributed by atoms with Gasteiger partial charge in [-0.2, -0.15) is 10.5 Å². The summed E-state index contributed by atoms with van der Waals surface area (Å²) in [6.45, 7) is 20.9. The molecule has 35 heteroatoms. The van der Waals surface area contributed by atoms with Crippen molar-refractivity contribution in [3.8, 4) is 92.6 Å². The molecule has 32 nitrogen and oxygen atoms in total. The molecular weight excluding hydrogens is 1790 g/mol. The van der Waals surface area contributed by atoms with Crippen LogP contribution in [0.4, 0.5) is 9.59 Å². The van der Waals surface area contributed by atoms with E-state index in [1.807, 2.05) is 52.8 Å². The number of alkyl halides is 1. The van der Waals surface area contributed by atoms with E-state index in [9.17, 15) is 34.8 Å². The van der Waals surface area contributed by atoms with Gasteiger partial charge in [0, 0.05) is 107 Å². The van der Waals surface area contributed by atoms with Crippen molar-refractivity contribution in [3.63, 3.8) is 0 Å². The number of aromatic hydroxyl groups is 1. The Kier molecular flexibility index (Phi) is 24.5. The van der Waals surface area contributed by atoms with Crippen LogP contribution in [0.5, 0.6) is 80.5 Å². The van der Waals surface area contributed by atoms with Gasteiger partial charge in [-0.15, -0.1) is 23.5 Å². The second kappa shape index (κ2) is 34.4. The molecule has 0 aliphatic carbocycles. The third kappa shape index (κ3) is 14.9. The highest BCUT2D eigenvalue weighted by atomic mass is 127. The maximum Gasteiger partial charge on any atom is 0.514 e. The lowest BCUT2D eigenvalue weighted by Crippen LogP contribution is -2.69. The highest BCUT2D eigenvalue weighted by Crippen LogP contribution is 2.68. The van der Waals surface area contributed by atoms with Crippen molar-refractivity contribution in [1.82, 2.24) is 30.2 Å². The Morgan fingerprint density at radius 2 is 0.898 bits per heavy atom. The normalized spacial score (nSPS) is 26.6. The Morgan fingerprint density at radius 3 is 1.28 bits per heavy atom. The molecule has 4 saturated heterocycles. The summed E-state index contributed by atoms with van der Waals surface area (Å²) >= 11 is 5.11. The van der Waals surface area contributed by atoms with Crippen LogP contribution in [-0.4, -0.2) is 214 Å². The Morgan fingerprint density at radius 1 is 0.504 bits per heavy atom. The van der Waals surface area contributed by atoms with Gasteiger partial charge < -0.3 is 85.6 Å². The highest BCUT2D eigenvalue weighted by Gasteiger charge is 2.65. The van der Waals surface area contributed by atoms with Gasteiger partial charge in [0.05, 0.1) is 82.4 Å². The minimum Gasteiger partial charge on any atom is -0.504 e. The van der Waals surface area contributed by atoms with Crippen LogP contribution in [0.25, 0.3) is 0 Å². The van der Waals surface area contributed by atoms with Crippen LogP contribution < -0.4 is 72.2 Å². The van der Waals surface area contributed by atoms with Crippen molar-refractivity contribution in [1.29, 1.82) is 10.5 Å². The fourth-order valence-electron chi connectivity index (χ4n) is 21.4. The number of phenols is 1. The van der Waals surface area contributed by atoms with Crippen LogP contribution in [0, 0.1) is 50.4 Å². The molecular formula is C92H105IN8O24S2. The number of carbonyl (C=O) groups is 6. The first-order valence-corrected chi connectivity index (χ1v) is 46.3. The number of ether oxygens (including phenoxy) is 17. The number of nitrogens with one attached hydrogen (secondary N) is 2. The number of esters is 4. The second-order valence-electron chi connectivity index (χ2n) is 35.5. The molecule has 14 heterocycles. The van der Waals surface area contributed by atoms with Gasteiger partial charge in [-0.1, -0.05) is 34.7 Å². The van der Waals surface area contributed by atoms with Gasteiger partial charge in [0.15, 0.2) is 80.1 Å². The number of methoxy groups -OCH3 is 5. The van der Waals surface area contributed by atoms with Crippen LogP contribution in [-0.2, 0) is 74.9 Å². The summed E-state index contributed by atoms with van der Waals surface area (Å²) < 4.78 is 102. The lowest BCUT2D eigenvalue weighted by Gasteiger charge is -2.62. The number of halogens is 1. The van der Waals surface area contributed by atoms with E-state index in [1.54, 1.807) is 80.0 Å². The van der Waals surface area contributed by atoms with Gasteiger partial charge in [0.1, 0.15) is 48.0 Å². The van der Waals surface area contributed by atoms with Gasteiger partial charge in [-0.3, -0.25) is 39.8 Å². The zero-order valence-corrected chi connectivity index (χ0v) is 78.4. The van der Waals surface area contributed by atoms with Crippen LogP contribution in [0.15, 0.2) is 36.4 Å². The molecule has 0 aromatic heterocycles. The van der Waals surface area contributed by atoms with Crippen LogP contribution in [0.3, 0.4) is 0 Å². The second-order valence-corrected chi connectivity index (χ2v) is 37.7. The predicted octanol–water partition coefficient (Wildman–Crippen LogP) is 12.5. The van der Waals surface area contributed by atoms with Crippen molar-refractivity contribution in [2.24, 2.45) is 0 Å². The van der Waals surface area contributed by atoms with E-state index >= 15 is 9.59 Å². The minimum atomic E-state index is -1.45. The molecule has 6 aromatic rings. The molecule has 14 atom stereocenters. The number of hydrogen-bond acceptors (Lipinski definition) is 34. The Bertz CT molecular complexity index is 5630. The summed E-state index contributed by atoms with van der Waals surface area (Å²) in [5, 5.41) is 40.5. The largest absolute Gasteiger partial charge is 0.514 e. The first-order valence-electron chi connectivity index (χ1n) is 42.0. The van der Waals surface area contributed by atoms with Gasteiger partial charge in [-0.25, -0.2) is 19.2 Å². The van der Waals surface area contributed by atoms with Crippen molar-refractivity contribution in [3.05, 3.63) is 125 Å². The van der Waals surface area contributed by atoms with E-state index < -0.39 is 111 Å². The molecule has 14 aliphatic heterocycles. The molecule has 0 amide bonds. The fraction of sp³-hybridized carbons (Fsp3) is 0.522. The van der Waals surface area contributed by atoms with E-state index in [-0.39, 0.29) is 85.2 Å². The number of rotatable bonds is 9. The smallest absolute Gasteiger partial charge is 0.504 e. The van der Waals surface area contributed by atoms with Gasteiger partial charge in [-0.05, 0) is 183 Å². The molecule has 2 spiro atoms. The maximum atomic E-state index is 15.1. The number of likely N-dealkylation sites (N-methyl/N-ethyl adjacent to an activating group) is 2. The van der Waals surface area contributed by atoms with E-state index in [2.05, 4.69) is 71.0 Å². The highest BCUT2D eigenvalue weighted by molar-refractivity contribution is 14.1.